The van der Waals surface area contributed by atoms with Crippen LogP contribution < -0.4 is 0 Å². The summed E-state index contributed by atoms with van der Waals surface area (Å²) in [5.74, 6) is -0.933. The zero-order valence-electron chi connectivity index (χ0n) is 17.1. The molecule has 0 unspecified atom stereocenters. The first-order valence-electron chi connectivity index (χ1n) is 10.7. The molecule has 2 aromatic rings. The molecule has 0 bridgehead atoms. The second-order valence-corrected chi connectivity index (χ2v) is 9.14. The van der Waals surface area contributed by atoms with Crippen LogP contribution in [0.3, 0.4) is 0 Å². The van der Waals surface area contributed by atoms with Crippen molar-refractivity contribution >= 4 is 29.1 Å². The zero-order chi connectivity index (χ0) is 22.8. The lowest BCUT2D eigenvalue weighted by Gasteiger charge is -2.38. The number of hydrogen-bond donors (Lipinski definition) is 1. The van der Waals surface area contributed by atoms with E-state index in [1.54, 1.807) is 4.90 Å². The van der Waals surface area contributed by atoms with Crippen molar-refractivity contribution in [2.45, 2.75) is 56.3 Å². The fraction of sp³-hybridized carbons (Fsp3) is 0.571. The van der Waals surface area contributed by atoms with Crippen LogP contribution in [0.25, 0.3) is 5.65 Å². The summed E-state index contributed by atoms with van der Waals surface area (Å²) in [6.45, 7) is 0.208. The Labute approximate surface area is 186 Å². The monoisotopic (exact) mass is 470 g/mol. The Hall–Kier alpha value is -2.33. The number of nitrogens with zero attached hydrogens (tertiary/aromatic N) is 4. The molecule has 0 spiro atoms. The normalized spacial score (nSPS) is 24.6. The number of imidazole rings is 1. The molecule has 1 aliphatic heterocycles. The molecule has 32 heavy (non-hydrogen) atoms. The number of alkyl halides is 3. The van der Waals surface area contributed by atoms with E-state index in [9.17, 15) is 27.9 Å². The number of aromatic nitrogens is 2. The van der Waals surface area contributed by atoms with Gasteiger partial charge in [-0.2, -0.15) is 13.2 Å². The molecule has 3 fully saturated rings. The second-order valence-electron chi connectivity index (χ2n) is 8.78. The van der Waals surface area contributed by atoms with Gasteiger partial charge in [-0.15, -0.1) is 0 Å². The summed E-state index contributed by atoms with van der Waals surface area (Å²) in [6, 6.07) is 0.827. The van der Waals surface area contributed by atoms with E-state index >= 15 is 0 Å². The van der Waals surface area contributed by atoms with E-state index in [4.69, 9.17) is 11.6 Å². The molecule has 2 atom stereocenters. The molecule has 0 radical (unpaired) electrons. The van der Waals surface area contributed by atoms with Gasteiger partial charge in [0.1, 0.15) is 11.7 Å². The van der Waals surface area contributed by atoms with Crippen LogP contribution in [0.15, 0.2) is 12.3 Å². The largest absolute Gasteiger partial charge is 0.419 e. The fourth-order valence-electron chi connectivity index (χ4n) is 4.77. The van der Waals surface area contributed by atoms with Crippen molar-refractivity contribution in [1.29, 1.82) is 0 Å². The van der Waals surface area contributed by atoms with Gasteiger partial charge in [0.15, 0.2) is 11.3 Å². The highest BCUT2D eigenvalue weighted by Gasteiger charge is 2.40. The molecule has 2 saturated carbocycles. The molecule has 0 aromatic carbocycles. The number of hydrogen-bond acceptors (Lipinski definition) is 4. The van der Waals surface area contributed by atoms with Crippen LogP contribution in [0.4, 0.5) is 13.2 Å². The van der Waals surface area contributed by atoms with Crippen molar-refractivity contribution in [3.8, 4) is 0 Å². The first kappa shape index (κ1) is 21.5. The Kier molecular flexibility index (Phi) is 5.12. The zero-order valence-corrected chi connectivity index (χ0v) is 17.9. The predicted molar refractivity (Wildman–Crippen MR) is 108 cm³/mol. The van der Waals surface area contributed by atoms with Gasteiger partial charge in [0.2, 0.25) is 5.91 Å². The highest BCUT2D eigenvalue weighted by atomic mass is 35.5. The van der Waals surface area contributed by atoms with Crippen molar-refractivity contribution in [2.24, 2.45) is 0 Å². The topological polar surface area (TPSA) is 78.2 Å². The SMILES string of the molecule is O=C(c1nc2c(C(F)(F)F)cc(C3CC3)cn2c1Cl)N1CCN([C@@H]2CCC[C@H]2O)C(=O)C1. The van der Waals surface area contributed by atoms with Gasteiger partial charge in [-0.05, 0) is 49.7 Å². The summed E-state index contributed by atoms with van der Waals surface area (Å²) in [5, 5.41) is 9.89. The summed E-state index contributed by atoms with van der Waals surface area (Å²) >= 11 is 6.34. The van der Waals surface area contributed by atoms with Crippen LogP contribution in [0.5, 0.6) is 0 Å². The summed E-state index contributed by atoms with van der Waals surface area (Å²) < 4.78 is 42.2. The number of rotatable bonds is 3. The van der Waals surface area contributed by atoms with E-state index in [0.717, 1.165) is 29.7 Å². The third kappa shape index (κ3) is 3.63. The number of fused-ring (bicyclic) bond motifs is 1. The van der Waals surface area contributed by atoms with E-state index in [1.807, 2.05) is 0 Å². The molecule has 1 saturated heterocycles. The minimum Gasteiger partial charge on any atom is -0.391 e. The van der Waals surface area contributed by atoms with E-state index in [0.29, 0.717) is 18.4 Å². The lowest BCUT2D eigenvalue weighted by Crippen LogP contribution is -2.57. The summed E-state index contributed by atoms with van der Waals surface area (Å²) in [5.41, 5.74) is -1.14. The van der Waals surface area contributed by atoms with Crippen molar-refractivity contribution in [3.05, 3.63) is 34.2 Å². The maximum atomic E-state index is 13.7. The molecule has 2 aromatic heterocycles. The molecule has 172 valence electrons. The molecule has 3 aliphatic rings. The van der Waals surface area contributed by atoms with E-state index in [2.05, 4.69) is 4.98 Å². The maximum absolute atomic E-state index is 13.7. The van der Waals surface area contributed by atoms with Gasteiger partial charge in [-0.3, -0.25) is 14.0 Å². The van der Waals surface area contributed by atoms with E-state index in [-0.39, 0.29) is 48.3 Å². The molecule has 5 rings (SSSR count). The maximum Gasteiger partial charge on any atom is 0.419 e. The Morgan fingerprint density at radius 3 is 2.53 bits per heavy atom. The van der Waals surface area contributed by atoms with Gasteiger partial charge in [0, 0.05) is 19.3 Å². The number of aliphatic hydroxyl groups excluding tert-OH is 1. The fourth-order valence-corrected chi connectivity index (χ4v) is 5.02. The minimum absolute atomic E-state index is 0.0507. The average molecular weight is 471 g/mol. The molecule has 2 amide bonds. The van der Waals surface area contributed by atoms with Crippen LogP contribution in [0, 0.1) is 0 Å². The van der Waals surface area contributed by atoms with Crippen LogP contribution in [0.2, 0.25) is 5.15 Å². The Balaban J connectivity index is 1.44. The van der Waals surface area contributed by atoms with Crippen molar-refractivity contribution < 1.29 is 27.9 Å². The van der Waals surface area contributed by atoms with Crippen molar-refractivity contribution in [1.82, 2.24) is 19.2 Å². The molecule has 11 heteroatoms. The molecule has 7 nitrogen and oxygen atoms in total. The van der Waals surface area contributed by atoms with E-state index in [1.165, 1.54) is 11.1 Å². The highest BCUT2D eigenvalue weighted by molar-refractivity contribution is 6.33. The van der Waals surface area contributed by atoms with Crippen LogP contribution in [-0.2, 0) is 11.0 Å². The Morgan fingerprint density at radius 1 is 1.19 bits per heavy atom. The van der Waals surface area contributed by atoms with Gasteiger partial charge in [-0.25, -0.2) is 4.98 Å². The third-order valence-electron chi connectivity index (χ3n) is 6.63. The van der Waals surface area contributed by atoms with Crippen LogP contribution in [0.1, 0.15) is 59.6 Å². The molecule has 1 N–H and O–H groups in total. The summed E-state index contributed by atoms with van der Waals surface area (Å²) in [4.78, 5) is 32.5. The minimum atomic E-state index is -4.65. The first-order chi connectivity index (χ1) is 15.1. The number of piperazine rings is 1. The molecular weight excluding hydrogens is 449 g/mol. The number of halogens is 4. The molecule has 2 aliphatic carbocycles. The summed E-state index contributed by atoms with van der Waals surface area (Å²) in [6.07, 6.45) is 0.0894. The second kappa shape index (κ2) is 7.62. The highest BCUT2D eigenvalue weighted by Crippen LogP contribution is 2.43. The first-order valence-corrected chi connectivity index (χ1v) is 11.1. The number of amides is 2. The van der Waals surface area contributed by atoms with E-state index < -0.39 is 29.4 Å². The molecular formula is C21H22ClF3N4O3. The van der Waals surface area contributed by atoms with Gasteiger partial charge in [0.05, 0.1) is 17.7 Å². The Bertz CT molecular complexity index is 1100. The van der Waals surface area contributed by atoms with Gasteiger partial charge >= 0.3 is 6.18 Å². The number of carbonyl (C=O) groups is 2. The predicted octanol–water partition coefficient (Wildman–Crippen LogP) is 3.08. The van der Waals surface area contributed by atoms with Crippen molar-refractivity contribution in [3.63, 3.8) is 0 Å². The van der Waals surface area contributed by atoms with Gasteiger partial charge in [0.25, 0.3) is 5.91 Å². The smallest absolute Gasteiger partial charge is 0.391 e. The lowest BCUT2D eigenvalue weighted by molar-refractivity contribution is -0.139. The lowest BCUT2D eigenvalue weighted by atomic mass is 10.1. The van der Waals surface area contributed by atoms with Crippen LogP contribution >= 0.6 is 11.6 Å². The number of aliphatic hydroxyl groups is 1. The van der Waals surface area contributed by atoms with Crippen molar-refractivity contribution in [2.75, 3.05) is 19.6 Å². The quantitative estimate of drug-likeness (QED) is 0.748. The van der Waals surface area contributed by atoms with Gasteiger partial charge < -0.3 is 14.9 Å². The standard InChI is InChI=1S/C21H22ClF3N4O3/c22-18-17(20(32)27-6-7-28(16(31)10-27)14-2-1-3-15(14)30)26-19-13(21(23,24)25)8-12(9-29(18)19)11-4-5-11/h8-9,11,14-15,30H,1-7,10H2/t14-,15-/m1/s1. The summed E-state index contributed by atoms with van der Waals surface area (Å²) in [7, 11) is 0. The molecule has 3 heterocycles. The Morgan fingerprint density at radius 2 is 1.94 bits per heavy atom. The number of carbonyl (C=O) groups excluding carboxylic acids is 2. The van der Waals surface area contributed by atoms with Crippen LogP contribution in [-0.4, -0.2) is 67.9 Å². The van der Waals surface area contributed by atoms with Gasteiger partial charge in [-0.1, -0.05) is 11.6 Å². The third-order valence-corrected chi connectivity index (χ3v) is 6.99. The number of pyridine rings is 1. The average Bonchev–Trinajstić information content (AvgIpc) is 3.43.